The number of carbonyl (C=O) groups excluding carboxylic acids is 3. The van der Waals surface area contributed by atoms with Crippen LogP contribution in [0, 0.1) is 5.92 Å². The average molecular weight is 738 g/mol. The lowest BCUT2D eigenvalue weighted by molar-refractivity contribution is -0.140. The van der Waals surface area contributed by atoms with Gasteiger partial charge in [0.2, 0.25) is 11.8 Å². The molecule has 3 N–H and O–H groups in total. The summed E-state index contributed by atoms with van der Waals surface area (Å²) < 4.78 is 31.2. The number of hydrogen-bond donors (Lipinski definition) is 2. The van der Waals surface area contributed by atoms with Crippen molar-refractivity contribution < 1.29 is 37.8 Å². The van der Waals surface area contributed by atoms with Crippen molar-refractivity contribution in [2.24, 2.45) is 11.7 Å². The van der Waals surface area contributed by atoms with Crippen molar-refractivity contribution in [3.05, 3.63) is 36.0 Å². The van der Waals surface area contributed by atoms with Gasteiger partial charge in [0.1, 0.15) is 23.9 Å². The highest BCUT2D eigenvalue weighted by atomic mass is 32.2. The summed E-state index contributed by atoms with van der Waals surface area (Å²) >= 11 is 1.66. The normalized spacial score (nSPS) is 31.2. The maximum atomic E-state index is 12.7. The number of epoxide rings is 1. The Morgan fingerprint density at radius 1 is 1.18 bits per heavy atom. The van der Waals surface area contributed by atoms with E-state index in [2.05, 4.69) is 65.2 Å². The fraction of sp³-hybridized carbons (Fsp3) is 0.757. The second-order valence-electron chi connectivity index (χ2n) is 15.9. The summed E-state index contributed by atoms with van der Waals surface area (Å²) in [6.07, 6.45) is 11.4. The molecule has 0 aliphatic carbocycles. The molecule has 0 bridgehead atoms. The Hall–Kier alpha value is -2.16. The number of primary amides is 1. The second kappa shape index (κ2) is 18.0. The van der Waals surface area contributed by atoms with Crippen LogP contribution in [0.2, 0.25) is 18.1 Å². The minimum atomic E-state index is -2.15. The van der Waals surface area contributed by atoms with Gasteiger partial charge in [0.15, 0.2) is 8.32 Å². The first-order valence-corrected chi connectivity index (χ1v) is 22.2. The van der Waals surface area contributed by atoms with Crippen molar-refractivity contribution in [2.45, 2.75) is 141 Å². The molecule has 3 heterocycles. The first kappa shape index (κ1) is 42.3. The van der Waals surface area contributed by atoms with E-state index in [0.29, 0.717) is 19.6 Å². The number of amides is 3. The van der Waals surface area contributed by atoms with Gasteiger partial charge in [-0.1, -0.05) is 51.5 Å². The maximum absolute atomic E-state index is 12.7. The Bertz CT molecular complexity index is 1260. The third kappa shape index (κ3) is 12.2. The Morgan fingerprint density at radius 2 is 1.86 bits per heavy atom. The Morgan fingerprint density at radius 3 is 2.46 bits per heavy atom. The highest BCUT2D eigenvalue weighted by Gasteiger charge is 2.61. The Labute approximate surface area is 305 Å². The summed E-state index contributed by atoms with van der Waals surface area (Å²) in [5, 5.41) is 3.08. The van der Waals surface area contributed by atoms with E-state index < -0.39 is 26.1 Å². The van der Waals surface area contributed by atoms with Gasteiger partial charge in [-0.05, 0) is 70.0 Å². The molecular weight excluding hydrogens is 675 g/mol. The van der Waals surface area contributed by atoms with Gasteiger partial charge in [0, 0.05) is 31.8 Å². The number of nitrogens with one attached hydrogen (secondary N) is 1. The van der Waals surface area contributed by atoms with Crippen molar-refractivity contribution in [3.8, 4) is 0 Å². The number of carbonyl (C=O) groups is 3. The molecule has 13 heteroatoms. The number of allylic oxidation sites excluding steroid dienone is 2. The average Bonchev–Trinajstić information content (AvgIpc) is 3.78. The van der Waals surface area contributed by atoms with Gasteiger partial charge in [-0.3, -0.25) is 9.59 Å². The zero-order valence-electron chi connectivity index (χ0n) is 32.2. The van der Waals surface area contributed by atoms with Gasteiger partial charge in [-0.15, -0.1) is 0 Å². The van der Waals surface area contributed by atoms with E-state index in [9.17, 15) is 14.4 Å². The smallest absolute Gasteiger partial charge is 0.410 e. The van der Waals surface area contributed by atoms with Crippen LogP contribution in [-0.2, 0) is 33.0 Å². The lowest BCUT2D eigenvalue weighted by Gasteiger charge is -2.46. The van der Waals surface area contributed by atoms with Gasteiger partial charge >= 0.3 is 6.09 Å². The molecule has 1 spiro atoms. The fourth-order valence-electron chi connectivity index (χ4n) is 6.07. The van der Waals surface area contributed by atoms with Crippen molar-refractivity contribution in [1.82, 2.24) is 10.2 Å². The minimum absolute atomic E-state index is 0.00301. The number of ether oxygens (including phenoxy) is 4. The molecule has 3 aliphatic rings. The molecule has 0 aromatic rings. The number of nitrogens with two attached hydrogens (primary N) is 1. The predicted molar refractivity (Wildman–Crippen MR) is 201 cm³/mol. The highest BCUT2D eigenvalue weighted by molar-refractivity contribution is 7.98. The summed E-state index contributed by atoms with van der Waals surface area (Å²) in [6, 6.07) is -0.134. The molecule has 3 amide bonds. The monoisotopic (exact) mass is 737 g/mol. The van der Waals surface area contributed by atoms with Gasteiger partial charge in [-0.2, -0.15) is 11.8 Å². The maximum Gasteiger partial charge on any atom is 0.410 e. The molecule has 3 saturated heterocycles. The molecule has 0 radical (unpaired) electrons. The molecule has 3 fully saturated rings. The topological polar surface area (TPSA) is 142 Å². The van der Waals surface area contributed by atoms with E-state index in [1.54, 1.807) is 31.8 Å². The van der Waals surface area contributed by atoms with Gasteiger partial charge in [0.25, 0.3) is 0 Å². The van der Waals surface area contributed by atoms with Crippen LogP contribution in [0.5, 0.6) is 0 Å². The molecule has 284 valence electrons. The SMILES string of the molecule is CSCCN(C)C(=O)OC(C)C=CC(=O)N[C@@H]1C[C@H](C)[C@H](C/C=C(C)/C=C/[C@H]2O[C@H](CC(N)=O)C[C@@]3(CO3)[C@@H]2O[Si](C)(C)C(C)(C)C)O[C@@H]1C. The number of rotatable bonds is 15. The molecule has 11 nitrogen and oxygen atoms in total. The van der Waals surface area contributed by atoms with Crippen LogP contribution in [0.3, 0.4) is 0 Å². The van der Waals surface area contributed by atoms with Gasteiger partial charge < -0.3 is 39.3 Å². The summed E-state index contributed by atoms with van der Waals surface area (Å²) in [7, 11) is -0.453. The molecular formula is C37H63N3O8SSi. The molecule has 9 atom stereocenters. The summed E-state index contributed by atoms with van der Waals surface area (Å²) in [5.41, 5.74) is 6.16. The summed E-state index contributed by atoms with van der Waals surface area (Å²) in [4.78, 5) is 38.2. The van der Waals surface area contributed by atoms with Crippen LogP contribution >= 0.6 is 11.8 Å². The molecule has 0 saturated carbocycles. The van der Waals surface area contributed by atoms with Crippen molar-refractivity contribution in [1.29, 1.82) is 0 Å². The Kier molecular flexibility index (Phi) is 15.3. The fourth-order valence-corrected chi connectivity index (χ4v) is 7.86. The number of thioether (sulfide) groups is 1. The summed E-state index contributed by atoms with van der Waals surface area (Å²) in [5.74, 6) is 0.414. The lowest BCUT2D eigenvalue weighted by atomic mass is 9.87. The highest BCUT2D eigenvalue weighted by Crippen LogP contribution is 2.48. The molecule has 1 unspecified atom stereocenters. The summed E-state index contributed by atoms with van der Waals surface area (Å²) in [6.45, 7) is 20.2. The van der Waals surface area contributed by atoms with E-state index in [1.165, 1.54) is 11.0 Å². The second-order valence-corrected chi connectivity index (χ2v) is 21.6. The van der Waals surface area contributed by atoms with Crippen LogP contribution in [0.4, 0.5) is 4.79 Å². The predicted octanol–water partition coefficient (Wildman–Crippen LogP) is 5.75. The van der Waals surface area contributed by atoms with Crippen LogP contribution in [-0.4, -0.2) is 112 Å². The van der Waals surface area contributed by atoms with E-state index >= 15 is 0 Å². The third-order valence-corrected chi connectivity index (χ3v) is 15.5. The van der Waals surface area contributed by atoms with Crippen molar-refractivity contribution in [3.63, 3.8) is 0 Å². The number of hydrogen-bond acceptors (Lipinski definition) is 9. The zero-order chi connectivity index (χ0) is 37.4. The standard InChI is InChI=1S/C37H63N3O8SSi/c1-24(13-16-31-34(48-50(10,11)36(5,6)7)37(23-44-37)22-28(47-31)21-32(38)41)12-15-30-25(2)20-29(27(4)46-30)39-33(42)17-14-26(3)45-35(43)40(8)18-19-49-9/h12-14,16-17,25-31,34H,15,18-23H2,1-11H3,(H2,38,41)(H,39,42)/b16-13+,17-14?,24-12+/t25-,26?,27+,28+,29+,30-,31+,34+,37+/m0/s1. The van der Waals surface area contributed by atoms with Gasteiger partial charge in [0.05, 0.1) is 37.4 Å². The lowest BCUT2D eigenvalue weighted by Crippen LogP contribution is -2.57. The molecule has 3 aliphatic heterocycles. The quantitative estimate of drug-likeness (QED) is 0.0931. The third-order valence-electron chi connectivity index (χ3n) is 10.4. The molecule has 0 aromatic heterocycles. The molecule has 3 rings (SSSR count). The number of nitrogens with zero attached hydrogens (tertiary/aromatic N) is 1. The van der Waals surface area contributed by atoms with Crippen LogP contribution in [0.25, 0.3) is 0 Å². The van der Waals surface area contributed by atoms with E-state index in [0.717, 1.165) is 24.2 Å². The van der Waals surface area contributed by atoms with Crippen molar-refractivity contribution >= 4 is 38.0 Å². The zero-order valence-corrected chi connectivity index (χ0v) is 34.0. The van der Waals surface area contributed by atoms with E-state index in [4.69, 9.17) is 29.1 Å². The van der Waals surface area contributed by atoms with E-state index in [1.807, 2.05) is 19.3 Å². The Balaban J connectivity index is 1.57. The van der Waals surface area contributed by atoms with Crippen molar-refractivity contribution in [2.75, 3.05) is 32.2 Å². The van der Waals surface area contributed by atoms with Crippen LogP contribution in [0.1, 0.15) is 74.1 Å². The van der Waals surface area contributed by atoms with E-state index in [-0.39, 0.29) is 65.8 Å². The molecule has 0 aromatic carbocycles. The van der Waals surface area contributed by atoms with Gasteiger partial charge in [-0.25, -0.2) is 4.79 Å². The largest absolute Gasteiger partial charge is 0.442 e. The first-order chi connectivity index (χ1) is 23.3. The van der Waals surface area contributed by atoms with Crippen LogP contribution in [0.15, 0.2) is 36.0 Å². The van der Waals surface area contributed by atoms with Crippen LogP contribution < -0.4 is 11.1 Å². The minimum Gasteiger partial charge on any atom is -0.442 e. The molecule has 50 heavy (non-hydrogen) atoms. The first-order valence-electron chi connectivity index (χ1n) is 17.9.